The van der Waals surface area contributed by atoms with Gasteiger partial charge in [-0.15, -0.1) is 0 Å². The zero-order valence-electron chi connectivity index (χ0n) is 17.1. The molecule has 4 heterocycles. The molecule has 1 aromatic heterocycles. The summed E-state index contributed by atoms with van der Waals surface area (Å²) in [4.78, 5) is 22.4. The van der Waals surface area contributed by atoms with Crippen molar-refractivity contribution in [1.82, 2.24) is 20.1 Å². The molecule has 3 fully saturated rings. The molecular formula is C22H34N4O2. The second-order valence-corrected chi connectivity index (χ2v) is 8.69. The fourth-order valence-electron chi connectivity index (χ4n) is 5.25. The van der Waals surface area contributed by atoms with Crippen molar-refractivity contribution < 1.29 is 9.53 Å². The molecule has 6 nitrogen and oxygen atoms in total. The molecule has 0 aliphatic carbocycles. The molecular weight excluding hydrogens is 352 g/mol. The number of aromatic nitrogens is 1. The van der Waals surface area contributed by atoms with Gasteiger partial charge in [0, 0.05) is 63.7 Å². The highest BCUT2D eigenvalue weighted by atomic mass is 16.5. The molecule has 1 amide bonds. The molecule has 3 aliphatic heterocycles. The largest absolute Gasteiger partial charge is 0.381 e. The molecule has 0 unspecified atom stereocenters. The van der Waals surface area contributed by atoms with Gasteiger partial charge in [-0.05, 0) is 57.2 Å². The summed E-state index contributed by atoms with van der Waals surface area (Å²) in [5.74, 6) is 0.305. The third-order valence-electron chi connectivity index (χ3n) is 6.77. The number of nitrogens with zero attached hydrogens (tertiary/aromatic N) is 3. The molecule has 2 atom stereocenters. The Morgan fingerprint density at radius 1 is 1.32 bits per heavy atom. The van der Waals surface area contributed by atoms with Crippen molar-refractivity contribution in [1.29, 1.82) is 0 Å². The maximum Gasteiger partial charge on any atom is 0.242 e. The van der Waals surface area contributed by atoms with Gasteiger partial charge < -0.3 is 15.0 Å². The molecule has 0 saturated carbocycles. The lowest BCUT2D eigenvalue weighted by molar-refractivity contribution is -0.143. The van der Waals surface area contributed by atoms with Crippen LogP contribution in [0, 0.1) is 0 Å². The Balaban J connectivity index is 1.40. The van der Waals surface area contributed by atoms with E-state index in [2.05, 4.69) is 15.2 Å². The van der Waals surface area contributed by atoms with Crippen LogP contribution in [0.5, 0.6) is 0 Å². The molecule has 0 spiro atoms. The van der Waals surface area contributed by atoms with Gasteiger partial charge in [0.05, 0.1) is 0 Å². The van der Waals surface area contributed by atoms with E-state index in [1.807, 2.05) is 36.3 Å². The SMILES string of the molecule is CN(CCc1ccccn1)C(=O)[C@@]12CCCCN1C[C@@H](NC1CCOCC1)C2. The first kappa shape index (κ1) is 19.8. The van der Waals surface area contributed by atoms with Crippen molar-refractivity contribution in [3.63, 3.8) is 0 Å². The first-order valence-corrected chi connectivity index (χ1v) is 10.9. The van der Waals surface area contributed by atoms with Crippen LogP contribution in [0.2, 0.25) is 0 Å². The Morgan fingerprint density at radius 2 is 2.18 bits per heavy atom. The number of amides is 1. The summed E-state index contributed by atoms with van der Waals surface area (Å²) in [6.45, 7) is 4.48. The summed E-state index contributed by atoms with van der Waals surface area (Å²) in [5, 5.41) is 3.85. The van der Waals surface area contributed by atoms with Crippen LogP contribution in [0.25, 0.3) is 0 Å². The van der Waals surface area contributed by atoms with E-state index < -0.39 is 0 Å². The minimum Gasteiger partial charge on any atom is -0.381 e. The number of fused-ring (bicyclic) bond motifs is 1. The molecule has 1 aromatic rings. The third kappa shape index (κ3) is 4.24. The van der Waals surface area contributed by atoms with Gasteiger partial charge >= 0.3 is 0 Å². The van der Waals surface area contributed by atoms with Crippen LogP contribution in [-0.4, -0.2) is 78.2 Å². The topological polar surface area (TPSA) is 57.7 Å². The Hall–Kier alpha value is -1.50. The van der Waals surface area contributed by atoms with Gasteiger partial charge in [-0.25, -0.2) is 0 Å². The van der Waals surface area contributed by atoms with Crippen LogP contribution < -0.4 is 5.32 Å². The fraction of sp³-hybridized carbons (Fsp3) is 0.727. The van der Waals surface area contributed by atoms with E-state index >= 15 is 0 Å². The summed E-state index contributed by atoms with van der Waals surface area (Å²) in [6.07, 6.45) is 9.09. The van der Waals surface area contributed by atoms with Crippen LogP contribution in [0.3, 0.4) is 0 Å². The van der Waals surface area contributed by atoms with E-state index in [1.54, 1.807) is 0 Å². The second kappa shape index (κ2) is 8.89. The molecule has 28 heavy (non-hydrogen) atoms. The Morgan fingerprint density at radius 3 is 2.96 bits per heavy atom. The van der Waals surface area contributed by atoms with Crippen LogP contribution in [-0.2, 0) is 16.0 Å². The molecule has 0 bridgehead atoms. The van der Waals surface area contributed by atoms with E-state index in [4.69, 9.17) is 4.74 Å². The maximum absolute atomic E-state index is 13.6. The number of ether oxygens (including phenoxy) is 1. The first-order chi connectivity index (χ1) is 13.7. The Kier molecular flexibility index (Phi) is 6.28. The molecule has 1 N–H and O–H groups in total. The van der Waals surface area contributed by atoms with Crippen LogP contribution in [0.4, 0.5) is 0 Å². The van der Waals surface area contributed by atoms with E-state index in [9.17, 15) is 4.79 Å². The van der Waals surface area contributed by atoms with Crippen molar-refractivity contribution in [3.05, 3.63) is 30.1 Å². The zero-order chi connectivity index (χ0) is 19.4. The van der Waals surface area contributed by atoms with Gasteiger partial charge in [0.25, 0.3) is 0 Å². The lowest BCUT2D eigenvalue weighted by atomic mass is 9.84. The van der Waals surface area contributed by atoms with Gasteiger partial charge in [-0.3, -0.25) is 14.7 Å². The molecule has 6 heteroatoms. The third-order valence-corrected chi connectivity index (χ3v) is 6.77. The standard InChI is InChI=1S/C22H34N4O2/c1-25(13-7-18-6-2-4-11-23-18)21(27)22-10-3-5-12-26(22)17-20(16-22)24-19-8-14-28-15-9-19/h2,4,6,11,19-20,24H,3,5,7-10,12-17H2,1H3/t20-,22-/m0/s1. The van der Waals surface area contributed by atoms with Gasteiger partial charge in [-0.1, -0.05) is 6.07 Å². The monoisotopic (exact) mass is 386 g/mol. The molecule has 3 aliphatic rings. The normalized spacial score (nSPS) is 28.8. The van der Waals surface area contributed by atoms with Crippen molar-refractivity contribution in [3.8, 4) is 0 Å². The summed E-state index contributed by atoms with van der Waals surface area (Å²) in [5.41, 5.74) is 0.741. The number of carbonyl (C=O) groups is 1. The van der Waals surface area contributed by atoms with Crippen molar-refractivity contribution in [2.24, 2.45) is 0 Å². The highest BCUT2D eigenvalue weighted by Gasteiger charge is 2.52. The lowest BCUT2D eigenvalue weighted by Crippen LogP contribution is -2.58. The lowest BCUT2D eigenvalue weighted by Gasteiger charge is -2.42. The first-order valence-electron chi connectivity index (χ1n) is 10.9. The van der Waals surface area contributed by atoms with E-state index in [0.717, 1.165) is 77.1 Å². The van der Waals surface area contributed by atoms with Gasteiger partial charge in [-0.2, -0.15) is 0 Å². The van der Waals surface area contributed by atoms with Crippen LogP contribution in [0.1, 0.15) is 44.2 Å². The summed E-state index contributed by atoms with van der Waals surface area (Å²) < 4.78 is 5.50. The summed E-state index contributed by atoms with van der Waals surface area (Å²) in [7, 11) is 1.96. The maximum atomic E-state index is 13.6. The highest BCUT2D eigenvalue weighted by molar-refractivity contribution is 5.87. The van der Waals surface area contributed by atoms with Crippen molar-refractivity contribution >= 4 is 5.91 Å². The number of carbonyl (C=O) groups excluding carboxylic acids is 1. The molecule has 3 saturated heterocycles. The highest BCUT2D eigenvalue weighted by Crippen LogP contribution is 2.39. The number of piperidine rings is 1. The van der Waals surface area contributed by atoms with Crippen LogP contribution >= 0.6 is 0 Å². The number of nitrogens with one attached hydrogen (secondary N) is 1. The number of hydrogen-bond donors (Lipinski definition) is 1. The fourth-order valence-corrected chi connectivity index (χ4v) is 5.25. The average molecular weight is 387 g/mol. The molecule has 0 aromatic carbocycles. The quantitative estimate of drug-likeness (QED) is 0.809. The molecule has 0 radical (unpaired) electrons. The van der Waals surface area contributed by atoms with Crippen molar-refractivity contribution in [2.45, 2.75) is 62.6 Å². The number of pyridine rings is 1. The zero-order valence-corrected chi connectivity index (χ0v) is 17.1. The number of rotatable bonds is 6. The molecule has 154 valence electrons. The second-order valence-electron chi connectivity index (χ2n) is 8.69. The predicted octanol–water partition coefficient (Wildman–Crippen LogP) is 1.85. The van der Waals surface area contributed by atoms with E-state index in [0.29, 0.717) is 18.0 Å². The predicted molar refractivity (Wildman–Crippen MR) is 109 cm³/mol. The van der Waals surface area contributed by atoms with E-state index in [-0.39, 0.29) is 5.54 Å². The minimum atomic E-state index is -0.306. The summed E-state index contributed by atoms with van der Waals surface area (Å²) >= 11 is 0. The summed E-state index contributed by atoms with van der Waals surface area (Å²) in [6, 6.07) is 6.92. The smallest absolute Gasteiger partial charge is 0.242 e. The van der Waals surface area contributed by atoms with Crippen LogP contribution in [0.15, 0.2) is 24.4 Å². The Bertz CT molecular complexity index is 649. The van der Waals surface area contributed by atoms with Gasteiger partial charge in [0.2, 0.25) is 5.91 Å². The van der Waals surface area contributed by atoms with Crippen molar-refractivity contribution in [2.75, 3.05) is 39.9 Å². The molecule has 4 rings (SSSR count). The number of likely N-dealkylation sites (N-methyl/N-ethyl adjacent to an activating group) is 1. The van der Waals surface area contributed by atoms with Gasteiger partial charge in [0.1, 0.15) is 5.54 Å². The Labute approximate surface area is 168 Å². The average Bonchev–Trinajstić information content (AvgIpc) is 3.12. The number of hydrogen-bond acceptors (Lipinski definition) is 5. The van der Waals surface area contributed by atoms with E-state index in [1.165, 1.54) is 6.42 Å². The minimum absolute atomic E-state index is 0.305. The van der Waals surface area contributed by atoms with Gasteiger partial charge in [0.15, 0.2) is 0 Å².